The molecule has 0 aromatic heterocycles. The maximum Gasteiger partial charge on any atom is 0.123 e. The van der Waals surface area contributed by atoms with E-state index in [1.165, 1.54) is 30.7 Å². The average molecular weight is 273 g/mol. The number of anilines is 1. The molecule has 1 aromatic rings. The van der Waals surface area contributed by atoms with Crippen LogP contribution >= 0.6 is 0 Å². The second kappa shape index (κ2) is 5.13. The van der Waals surface area contributed by atoms with Crippen molar-refractivity contribution in [2.75, 3.05) is 5.06 Å². The Balaban J connectivity index is 2.00. The van der Waals surface area contributed by atoms with Gasteiger partial charge in [0.2, 0.25) is 0 Å². The first-order valence-corrected chi connectivity index (χ1v) is 7.63. The van der Waals surface area contributed by atoms with Crippen molar-refractivity contribution < 1.29 is 10.3 Å². The molecule has 3 nitrogen and oxygen atoms in total. The minimum Gasteiger partial charge on any atom is -0.507 e. The fraction of sp³-hybridized carbons (Fsp3) is 0.529. The lowest BCUT2D eigenvalue weighted by molar-refractivity contribution is 0.132. The average Bonchev–Trinajstić information content (AvgIpc) is 2.74. The van der Waals surface area contributed by atoms with Gasteiger partial charge in [0.15, 0.2) is 0 Å². The summed E-state index contributed by atoms with van der Waals surface area (Å²) in [7, 11) is 0. The topological polar surface area (TPSA) is 43.7 Å². The van der Waals surface area contributed by atoms with Crippen LogP contribution in [0.15, 0.2) is 30.3 Å². The van der Waals surface area contributed by atoms with Gasteiger partial charge in [0, 0.05) is 5.56 Å². The third-order valence-corrected chi connectivity index (χ3v) is 4.98. The number of aliphatic hydroxyl groups is 1. The Morgan fingerprint density at radius 1 is 1.10 bits per heavy atom. The maximum atomic E-state index is 10.7. The molecule has 2 aliphatic rings. The van der Waals surface area contributed by atoms with Crippen LogP contribution in [-0.2, 0) is 0 Å². The minimum absolute atomic E-state index is 0.289. The first kappa shape index (κ1) is 13.5. The third kappa shape index (κ3) is 2.10. The fourth-order valence-electron chi connectivity index (χ4n) is 3.70. The molecule has 1 unspecified atom stereocenters. The number of benzene rings is 1. The molecule has 1 fully saturated rings. The van der Waals surface area contributed by atoms with Crippen LogP contribution < -0.4 is 5.06 Å². The monoisotopic (exact) mass is 273 g/mol. The summed E-state index contributed by atoms with van der Waals surface area (Å²) in [6.07, 6.45) is 9.05. The largest absolute Gasteiger partial charge is 0.507 e. The van der Waals surface area contributed by atoms with Gasteiger partial charge >= 0.3 is 0 Å². The molecule has 0 spiro atoms. The van der Waals surface area contributed by atoms with Gasteiger partial charge in [0.1, 0.15) is 5.76 Å². The van der Waals surface area contributed by atoms with Crippen LogP contribution in [0.4, 0.5) is 5.69 Å². The molecule has 2 N–H and O–H groups in total. The zero-order valence-electron chi connectivity index (χ0n) is 12.0. The lowest BCUT2D eigenvalue weighted by Crippen LogP contribution is -2.51. The Hall–Kier alpha value is -1.48. The van der Waals surface area contributed by atoms with E-state index in [0.29, 0.717) is 17.2 Å². The van der Waals surface area contributed by atoms with Gasteiger partial charge in [-0.15, -0.1) is 0 Å². The van der Waals surface area contributed by atoms with Gasteiger partial charge in [-0.3, -0.25) is 5.21 Å². The number of hydrogen-bond donors (Lipinski definition) is 2. The van der Waals surface area contributed by atoms with Gasteiger partial charge in [-0.25, -0.2) is 5.06 Å². The smallest absolute Gasteiger partial charge is 0.123 e. The Morgan fingerprint density at radius 2 is 1.75 bits per heavy atom. The molecule has 3 heteroatoms. The first-order valence-electron chi connectivity index (χ1n) is 7.63. The normalized spacial score (nSPS) is 27.7. The Morgan fingerprint density at radius 3 is 2.45 bits per heavy atom. The van der Waals surface area contributed by atoms with Crippen molar-refractivity contribution in [3.8, 4) is 0 Å². The fourth-order valence-corrected chi connectivity index (χ4v) is 3.70. The molecule has 0 bridgehead atoms. The van der Waals surface area contributed by atoms with Crippen LogP contribution in [0.3, 0.4) is 0 Å². The number of hydrogen-bond acceptors (Lipinski definition) is 3. The van der Waals surface area contributed by atoms with Crippen LogP contribution in [0.2, 0.25) is 0 Å². The van der Waals surface area contributed by atoms with Gasteiger partial charge < -0.3 is 5.11 Å². The molecule has 1 heterocycles. The van der Waals surface area contributed by atoms with Crippen molar-refractivity contribution in [3.05, 3.63) is 35.9 Å². The molecule has 1 saturated carbocycles. The summed E-state index contributed by atoms with van der Waals surface area (Å²) in [5, 5.41) is 22.4. The van der Waals surface area contributed by atoms with Crippen molar-refractivity contribution in [3.63, 3.8) is 0 Å². The number of hydroxylamine groups is 1. The van der Waals surface area contributed by atoms with Crippen molar-refractivity contribution in [2.24, 2.45) is 5.92 Å². The number of para-hydroxylation sites is 1. The van der Waals surface area contributed by atoms with Crippen LogP contribution in [0.5, 0.6) is 0 Å². The predicted octanol–water partition coefficient (Wildman–Crippen LogP) is 4.52. The van der Waals surface area contributed by atoms with E-state index in [0.717, 1.165) is 12.8 Å². The van der Waals surface area contributed by atoms with E-state index in [2.05, 4.69) is 0 Å². The van der Waals surface area contributed by atoms with Gasteiger partial charge in [0.25, 0.3) is 0 Å². The molecule has 20 heavy (non-hydrogen) atoms. The molecule has 3 rings (SSSR count). The van der Waals surface area contributed by atoms with E-state index < -0.39 is 5.54 Å². The standard InChI is InChI=1S/C17H23NO2/c1-17(13-8-4-2-3-5-9-13)12-16(19)14-10-6-7-11-15(14)18(17)20/h6-7,10-13,19-20H,2-5,8-9H2,1H3. The molecule has 1 aromatic carbocycles. The first-order chi connectivity index (χ1) is 9.63. The molecule has 1 aliphatic heterocycles. The zero-order valence-corrected chi connectivity index (χ0v) is 12.0. The second-order valence-electron chi connectivity index (χ2n) is 6.27. The number of aliphatic hydroxyl groups excluding tert-OH is 1. The van der Waals surface area contributed by atoms with Crippen molar-refractivity contribution in [1.82, 2.24) is 0 Å². The van der Waals surface area contributed by atoms with Gasteiger partial charge in [-0.1, -0.05) is 37.8 Å². The number of nitrogens with zero attached hydrogens (tertiary/aromatic N) is 1. The van der Waals surface area contributed by atoms with E-state index in [1.807, 2.05) is 37.3 Å². The molecule has 1 atom stereocenters. The summed E-state index contributed by atoms with van der Waals surface area (Å²) in [6, 6.07) is 7.49. The minimum atomic E-state index is -0.511. The van der Waals surface area contributed by atoms with E-state index in [4.69, 9.17) is 0 Å². The van der Waals surface area contributed by atoms with E-state index >= 15 is 0 Å². The lowest BCUT2D eigenvalue weighted by atomic mass is 9.77. The Labute approximate surface area is 120 Å². The lowest BCUT2D eigenvalue weighted by Gasteiger charge is -2.45. The quantitative estimate of drug-likeness (QED) is 0.739. The van der Waals surface area contributed by atoms with E-state index in [9.17, 15) is 10.3 Å². The summed E-state index contributed by atoms with van der Waals surface area (Å²) < 4.78 is 0. The Bertz CT molecular complexity index is 517. The summed E-state index contributed by atoms with van der Waals surface area (Å²) in [4.78, 5) is 0. The van der Waals surface area contributed by atoms with Crippen LogP contribution in [0.1, 0.15) is 51.0 Å². The summed E-state index contributed by atoms with van der Waals surface area (Å²) in [6.45, 7) is 2.04. The molecule has 1 aliphatic carbocycles. The van der Waals surface area contributed by atoms with Gasteiger partial charge in [-0.2, -0.15) is 0 Å². The second-order valence-corrected chi connectivity index (χ2v) is 6.27. The van der Waals surface area contributed by atoms with Gasteiger partial charge in [-0.05, 0) is 43.9 Å². The maximum absolute atomic E-state index is 10.7. The van der Waals surface area contributed by atoms with Crippen molar-refractivity contribution in [2.45, 2.75) is 51.0 Å². The van der Waals surface area contributed by atoms with E-state index in [1.54, 1.807) is 0 Å². The van der Waals surface area contributed by atoms with Crippen LogP contribution in [0, 0.1) is 5.92 Å². The van der Waals surface area contributed by atoms with Crippen LogP contribution in [0.25, 0.3) is 5.76 Å². The summed E-state index contributed by atoms with van der Waals surface area (Å²) in [5.41, 5.74) is 0.906. The highest BCUT2D eigenvalue weighted by Gasteiger charge is 2.42. The third-order valence-electron chi connectivity index (χ3n) is 4.98. The SMILES string of the molecule is CC1(C2CCCCCC2)C=C(O)c2ccccc2N1O. The van der Waals surface area contributed by atoms with E-state index in [-0.39, 0.29) is 5.76 Å². The molecular formula is C17H23NO2. The van der Waals surface area contributed by atoms with Crippen molar-refractivity contribution in [1.29, 1.82) is 0 Å². The van der Waals surface area contributed by atoms with Crippen molar-refractivity contribution >= 4 is 11.4 Å². The molecule has 108 valence electrons. The zero-order chi connectivity index (χ0) is 14.2. The highest BCUT2D eigenvalue weighted by Crippen LogP contribution is 2.44. The molecule has 0 radical (unpaired) electrons. The summed E-state index contributed by atoms with van der Waals surface area (Å²) in [5.74, 6) is 0.670. The highest BCUT2D eigenvalue weighted by atomic mass is 16.5. The predicted molar refractivity (Wildman–Crippen MR) is 80.9 cm³/mol. The number of rotatable bonds is 1. The highest BCUT2D eigenvalue weighted by molar-refractivity contribution is 5.77. The molecule has 0 amide bonds. The van der Waals surface area contributed by atoms with Crippen LogP contribution in [-0.4, -0.2) is 15.9 Å². The molecular weight excluding hydrogens is 250 g/mol. The number of fused-ring (bicyclic) bond motifs is 1. The molecule has 0 saturated heterocycles. The van der Waals surface area contributed by atoms with Gasteiger partial charge in [0.05, 0.1) is 11.2 Å². The summed E-state index contributed by atoms with van der Waals surface area (Å²) >= 11 is 0. The Kier molecular flexibility index (Phi) is 3.47.